The average molecular weight is 203 g/mol. The molecule has 0 unspecified atom stereocenters. The molecule has 0 aliphatic rings. The molecule has 70 valence electrons. The Balaban J connectivity index is 2.69. The third-order valence-corrected chi connectivity index (χ3v) is 3.53. The molecule has 0 saturated carbocycles. The number of aryl methyl sites for hydroxylation is 1. The number of thiazole rings is 1. The van der Waals surface area contributed by atoms with Crippen LogP contribution in [0.1, 0.15) is 11.9 Å². The molecule has 1 aromatic carbocycles. The van der Waals surface area contributed by atoms with E-state index < -0.39 is 0 Å². The van der Waals surface area contributed by atoms with Crippen molar-refractivity contribution in [3.8, 4) is 6.07 Å². The lowest BCUT2D eigenvalue weighted by atomic mass is 10.3. The van der Waals surface area contributed by atoms with Gasteiger partial charge in [-0.1, -0.05) is 30.4 Å². The fraction of sp³-hybridized carbons (Fsp3) is 0.273. The molecule has 2 nitrogen and oxygen atoms in total. The molecule has 0 spiro atoms. The van der Waals surface area contributed by atoms with Gasteiger partial charge in [-0.3, -0.25) is 0 Å². The van der Waals surface area contributed by atoms with Crippen LogP contribution in [0.25, 0.3) is 10.2 Å². The maximum absolute atomic E-state index is 8.75. The first-order chi connectivity index (χ1) is 6.86. The number of rotatable bonds is 2. The second-order valence-corrected chi connectivity index (χ2v) is 4.18. The van der Waals surface area contributed by atoms with E-state index in [1.165, 1.54) is 15.2 Å². The quantitative estimate of drug-likeness (QED) is 0.688. The highest BCUT2D eigenvalue weighted by molar-refractivity contribution is 7.18. The summed E-state index contributed by atoms with van der Waals surface area (Å²) in [5.41, 5.74) is 1.18. The highest BCUT2D eigenvalue weighted by atomic mass is 32.1. The van der Waals surface area contributed by atoms with Gasteiger partial charge in [-0.15, -0.1) is 0 Å². The van der Waals surface area contributed by atoms with Crippen LogP contribution in [0.5, 0.6) is 0 Å². The minimum atomic E-state index is 0.452. The molecule has 0 aliphatic carbocycles. The molecule has 0 N–H and O–H groups in total. The van der Waals surface area contributed by atoms with Crippen LogP contribution < -0.4 is 4.57 Å². The van der Waals surface area contributed by atoms with Gasteiger partial charge < -0.3 is 0 Å². The Kier molecular flexibility index (Phi) is 2.47. The van der Waals surface area contributed by atoms with Crippen molar-refractivity contribution < 1.29 is 4.57 Å². The van der Waals surface area contributed by atoms with Gasteiger partial charge in [0.05, 0.1) is 0 Å². The number of hydrogen-bond donors (Lipinski definition) is 0. The van der Waals surface area contributed by atoms with E-state index in [-0.39, 0.29) is 0 Å². The van der Waals surface area contributed by atoms with Crippen LogP contribution in [0, 0.1) is 11.3 Å². The first-order valence-corrected chi connectivity index (χ1v) is 5.45. The Labute approximate surface area is 87.0 Å². The highest BCUT2D eigenvalue weighted by Gasteiger charge is 2.17. The third kappa shape index (κ3) is 1.38. The van der Waals surface area contributed by atoms with Gasteiger partial charge in [0.25, 0.3) is 0 Å². The van der Waals surface area contributed by atoms with E-state index in [1.54, 1.807) is 11.3 Å². The van der Waals surface area contributed by atoms with E-state index in [0.717, 1.165) is 6.42 Å². The minimum absolute atomic E-state index is 0.452. The lowest BCUT2D eigenvalue weighted by molar-refractivity contribution is -0.661. The van der Waals surface area contributed by atoms with Crippen molar-refractivity contribution in [3.05, 3.63) is 29.3 Å². The predicted octanol–water partition coefficient (Wildman–Crippen LogP) is 2.27. The predicted molar refractivity (Wildman–Crippen MR) is 57.0 cm³/mol. The largest absolute Gasteiger partial charge is 0.238 e. The number of fused-ring (bicyclic) bond motifs is 1. The fourth-order valence-corrected chi connectivity index (χ4v) is 2.69. The lowest BCUT2D eigenvalue weighted by Crippen LogP contribution is -2.35. The maximum atomic E-state index is 8.75. The number of aromatic nitrogens is 1. The summed E-state index contributed by atoms with van der Waals surface area (Å²) in [6.07, 6.45) is 0.987. The van der Waals surface area contributed by atoms with Crippen molar-refractivity contribution in [2.45, 2.75) is 19.9 Å². The first-order valence-electron chi connectivity index (χ1n) is 4.64. The zero-order valence-electron chi connectivity index (χ0n) is 8.03. The molecule has 1 heterocycles. The molecule has 0 saturated heterocycles. The van der Waals surface area contributed by atoms with Gasteiger partial charge in [0, 0.05) is 12.5 Å². The van der Waals surface area contributed by atoms with Gasteiger partial charge in [0.1, 0.15) is 10.8 Å². The minimum Gasteiger partial charge on any atom is -0.191 e. The van der Waals surface area contributed by atoms with Gasteiger partial charge in [0.15, 0.2) is 0 Å². The molecule has 0 aliphatic heterocycles. The summed E-state index contributed by atoms with van der Waals surface area (Å²) >= 11 is 1.78. The number of para-hydroxylation sites is 1. The van der Waals surface area contributed by atoms with E-state index in [2.05, 4.69) is 29.7 Å². The Bertz CT molecular complexity index is 493. The van der Waals surface area contributed by atoms with Gasteiger partial charge in [-0.25, -0.2) is 0 Å². The Morgan fingerprint density at radius 3 is 2.93 bits per heavy atom. The lowest BCUT2D eigenvalue weighted by Gasteiger charge is -1.89. The number of benzene rings is 1. The number of nitriles is 1. The van der Waals surface area contributed by atoms with Crippen LogP contribution in [0.3, 0.4) is 0 Å². The molecular formula is C11H11N2S+. The normalized spacial score (nSPS) is 10.3. The van der Waals surface area contributed by atoms with Crippen molar-refractivity contribution in [3.63, 3.8) is 0 Å². The summed E-state index contributed by atoms with van der Waals surface area (Å²) in [4.78, 5) is 0. The SMILES string of the molecule is CCc1sc2ccccc2[n+]1CC#N. The summed E-state index contributed by atoms with van der Waals surface area (Å²) in [5, 5.41) is 10.0. The summed E-state index contributed by atoms with van der Waals surface area (Å²) in [7, 11) is 0. The number of nitrogens with zero attached hydrogens (tertiary/aromatic N) is 2. The van der Waals surface area contributed by atoms with Gasteiger partial charge in [0.2, 0.25) is 17.1 Å². The molecule has 0 radical (unpaired) electrons. The zero-order valence-corrected chi connectivity index (χ0v) is 8.84. The Morgan fingerprint density at radius 2 is 2.21 bits per heavy atom. The summed E-state index contributed by atoms with van der Waals surface area (Å²) in [6, 6.07) is 10.4. The van der Waals surface area contributed by atoms with Gasteiger partial charge in [-0.2, -0.15) is 9.83 Å². The Hall–Kier alpha value is -1.40. The number of hydrogen-bond acceptors (Lipinski definition) is 2. The van der Waals surface area contributed by atoms with Crippen molar-refractivity contribution >= 4 is 21.6 Å². The second kappa shape index (κ2) is 3.77. The van der Waals surface area contributed by atoms with Crippen LogP contribution >= 0.6 is 11.3 Å². The maximum Gasteiger partial charge on any atom is 0.238 e. The van der Waals surface area contributed by atoms with E-state index in [4.69, 9.17) is 5.26 Å². The first kappa shape index (κ1) is 9.17. The second-order valence-electron chi connectivity index (χ2n) is 3.06. The molecule has 0 bridgehead atoms. The van der Waals surface area contributed by atoms with Crippen molar-refractivity contribution in [2.75, 3.05) is 0 Å². The van der Waals surface area contributed by atoms with Crippen molar-refractivity contribution in [1.82, 2.24) is 0 Å². The zero-order chi connectivity index (χ0) is 9.97. The van der Waals surface area contributed by atoms with Crippen LogP contribution in [0.2, 0.25) is 0 Å². The van der Waals surface area contributed by atoms with Crippen LogP contribution in [0.4, 0.5) is 0 Å². The standard InChI is InChI=1S/C11H11N2S/c1-2-11-13(8-7-12)9-5-3-4-6-10(9)14-11/h3-6H,2,8H2,1H3/q+1. The summed E-state index contributed by atoms with van der Waals surface area (Å²) < 4.78 is 3.36. The van der Waals surface area contributed by atoms with E-state index in [1.807, 2.05) is 12.1 Å². The molecule has 0 amide bonds. The van der Waals surface area contributed by atoms with Crippen molar-refractivity contribution in [1.29, 1.82) is 5.26 Å². The van der Waals surface area contributed by atoms with E-state index in [0.29, 0.717) is 6.54 Å². The van der Waals surface area contributed by atoms with Crippen molar-refractivity contribution in [2.24, 2.45) is 0 Å². The highest BCUT2D eigenvalue weighted by Crippen LogP contribution is 2.20. The monoisotopic (exact) mass is 203 g/mol. The fourth-order valence-electron chi connectivity index (χ4n) is 1.59. The molecule has 0 fully saturated rings. The Morgan fingerprint density at radius 1 is 1.43 bits per heavy atom. The average Bonchev–Trinajstić information content (AvgIpc) is 2.58. The van der Waals surface area contributed by atoms with Gasteiger partial charge in [-0.05, 0) is 6.07 Å². The molecule has 14 heavy (non-hydrogen) atoms. The molecule has 2 aromatic rings. The van der Waals surface area contributed by atoms with Crippen LogP contribution in [0.15, 0.2) is 24.3 Å². The molecule has 3 heteroatoms. The summed E-state index contributed by atoms with van der Waals surface area (Å²) in [5.74, 6) is 0. The molecule has 2 rings (SSSR count). The smallest absolute Gasteiger partial charge is 0.191 e. The summed E-state index contributed by atoms with van der Waals surface area (Å²) in [6.45, 7) is 2.58. The molecule has 1 aromatic heterocycles. The van der Waals surface area contributed by atoms with Gasteiger partial charge >= 0.3 is 0 Å². The van der Waals surface area contributed by atoms with Crippen LogP contribution in [-0.2, 0) is 13.0 Å². The molecular weight excluding hydrogens is 192 g/mol. The van der Waals surface area contributed by atoms with E-state index >= 15 is 0 Å². The molecule has 0 atom stereocenters. The van der Waals surface area contributed by atoms with Crippen LogP contribution in [-0.4, -0.2) is 0 Å². The third-order valence-electron chi connectivity index (χ3n) is 2.22. The topological polar surface area (TPSA) is 27.7 Å². The van der Waals surface area contributed by atoms with E-state index in [9.17, 15) is 0 Å².